The van der Waals surface area contributed by atoms with Gasteiger partial charge in [-0.05, 0) is 37.5 Å². The maximum atomic E-state index is 15.7. The number of carbonyl (C=O) groups excluding carboxylic acids is 1. The molecule has 3 N–H and O–H groups in total. The minimum absolute atomic E-state index is 0.0215. The van der Waals surface area contributed by atoms with Crippen molar-refractivity contribution < 1.29 is 47.9 Å². The largest absolute Gasteiger partial charge is 0.488 e. The molecule has 2 saturated heterocycles. The summed E-state index contributed by atoms with van der Waals surface area (Å²) < 4.78 is 49.0. The summed E-state index contributed by atoms with van der Waals surface area (Å²) in [4.78, 5) is 39.7. The fourth-order valence-electron chi connectivity index (χ4n) is 6.37. The molecule has 0 radical (unpaired) electrons. The van der Waals surface area contributed by atoms with E-state index in [1.54, 1.807) is 9.47 Å². The summed E-state index contributed by atoms with van der Waals surface area (Å²) in [5, 5.41) is 30.1. The van der Waals surface area contributed by atoms with Crippen LogP contribution in [0.3, 0.4) is 0 Å². The van der Waals surface area contributed by atoms with E-state index >= 15 is 4.39 Å². The fraction of sp³-hybridized carbons (Fsp3) is 0.433. The number of aromatic nitrogens is 1. The van der Waals surface area contributed by atoms with Crippen LogP contribution in [0.4, 0.5) is 25.0 Å². The van der Waals surface area contributed by atoms with E-state index in [2.05, 4.69) is 0 Å². The lowest BCUT2D eigenvalue weighted by Gasteiger charge is -2.47. The van der Waals surface area contributed by atoms with Crippen LogP contribution < -0.4 is 24.7 Å². The average Bonchev–Trinajstić information content (AvgIpc) is 3.77. The molecule has 3 aromatic rings. The summed E-state index contributed by atoms with van der Waals surface area (Å²) in [6.07, 6.45) is 1.78. The number of halogens is 2. The normalized spacial score (nSPS) is 24.5. The Balaban J connectivity index is 1.10. The second kappa shape index (κ2) is 10.3. The number of nitrogens with zero attached hydrogens (tertiary/aromatic N) is 3. The molecule has 3 aliphatic heterocycles. The number of hydrogen-bond acceptors (Lipinski definition) is 9. The van der Waals surface area contributed by atoms with Gasteiger partial charge in [-0.2, -0.15) is 0 Å². The predicted octanol–water partition coefficient (Wildman–Crippen LogP) is 2.80. The van der Waals surface area contributed by atoms with Crippen LogP contribution >= 0.6 is 0 Å². The smallest absolute Gasteiger partial charge is 0.414 e. The number of benzene rings is 2. The molecule has 1 aromatic heterocycles. The number of aromatic carboxylic acids is 1. The monoisotopic (exact) mass is 613 g/mol. The first kappa shape index (κ1) is 28.3. The van der Waals surface area contributed by atoms with Gasteiger partial charge in [0.15, 0.2) is 23.1 Å². The first-order valence-electron chi connectivity index (χ1n) is 14.3. The summed E-state index contributed by atoms with van der Waals surface area (Å²) >= 11 is 0. The van der Waals surface area contributed by atoms with E-state index < -0.39 is 52.4 Å². The van der Waals surface area contributed by atoms with Gasteiger partial charge < -0.3 is 39.0 Å². The number of cyclic esters (lactones) is 1. The molecule has 1 unspecified atom stereocenters. The van der Waals surface area contributed by atoms with Crippen molar-refractivity contribution >= 4 is 34.3 Å². The third-order valence-electron chi connectivity index (χ3n) is 8.75. The van der Waals surface area contributed by atoms with Crippen LogP contribution in [0.2, 0.25) is 0 Å². The van der Waals surface area contributed by atoms with Gasteiger partial charge >= 0.3 is 12.1 Å². The maximum Gasteiger partial charge on any atom is 0.414 e. The summed E-state index contributed by atoms with van der Waals surface area (Å²) in [6, 6.07) is 4.53. The van der Waals surface area contributed by atoms with Crippen molar-refractivity contribution in [3.8, 4) is 11.5 Å². The first-order valence-corrected chi connectivity index (χ1v) is 14.3. The van der Waals surface area contributed by atoms with Gasteiger partial charge in [0.2, 0.25) is 5.43 Å². The molecule has 1 amide bonds. The zero-order valence-corrected chi connectivity index (χ0v) is 23.4. The van der Waals surface area contributed by atoms with Crippen molar-refractivity contribution in [2.24, 2.45) is 0 Å². The van der Waals surface area contributed by atoms with Crippen LogP contribution in [0, 0.1) is 11.6 Å². The van der Waals surface area contributed by atoms with E-state index in [1.807, 2.05) is 0 Å². The lowest BCUT2D eigenvalue weighted by Crippen LogP contribution is -2.56. The number of rotatable bonds is 7. The van der Waals surface area contributed by atoms with E-state index in [0.717, 1.165) is 25.0 Å². The van der Waals surface area contributed by atoms with Gasteiger partial charge in [0, 0.05) is 31.3 Å². The predicted molar refractivity (Wildman–Crippen MR) is 151 cm³/mol. The van der Waals surface area contributed by atoms with Crippen molar-refractivity contribution in [1.82, 2.24) is 4.57 Å². The summed E-state index contributed by atoms with van der Waals surface area (Å²) in [6.45, 7) is -0.238. The Morgan fingerprint density at radius 3 is 2.61 bits per heavy atom. The van der Waals surface area contributed by atoms with Crippen LogP contribution in [0.25, 0.3) is 10.9 Å². The highest BCUT2D eigenvalue weighted by Gasteiger charge is 2.44. The number of carboxylic acids is 1. The third kappa shape index (κ3) is 4.68. The third-order valence-corrected chi connectivity index (χ3v) is 8.75. The molecule has 3 atom stereocenters. The van der Waals surface area contributed by atoms with Gasteiger partial charge in [-0.15, -0.1) is 0 Å². The molecule has 0 spiro atoms. The number of ether oxygens (including phenoxy) is 3. The van der Waals surface area contributed by atoms with Crippen molar-refractivity contribution in [3.63, 3.8) is 0 Å². The minimum atomic E-state index is -1.39. The number of aliphatic hydroxyl groups is 2. The van der Waals surface area contributed by atoms with E-state index in [0.29, 0.717) is 5.52 Å². The molecule has 232 valence electrons. The van der Waals surface area contributed by atoms with E-state index in [4.69, 9.17) is 14.2 Å². The number of carbonyl (C=O) groups is 2. The second-order valence-electron chi connectivity index (χ2n) is 11.8. The molecule has 44 heavy (non-hydrogen) atoms. The molecule has 1 saturated carbocycles. The molecule has 0 bridgehead atoms. The SMILES string of the molecule is O=C(O)c1cn(C2CC2)c2c3c(c(F)cc2c1=O)N1CCC(O)(COc2ccc(N4C[C@H](CO)OC4=O)cc2F)C[C@@H]1CO3. The Kier molecular flexibility index (Phi) is 6.66. The van der Waals surface area contributed by atoms with Crippen LogP contribution in [-0.2, 0) is 4.74 Å². The Morgan fingerprint density at radius 1 is 1.14 bits per heavy atom. The van der Waals surface area contributed by atoms with Gasteiger partial charge in [0.25, 0.3) is 0 Å². The van der Waals surface area contributed by atoms with Crippen molar-refractivity contribution in [3.05, 3.63) is 57.9 Å². The zero-order chi connectivity index (χ0) is 30.9. The molecular formula is C30H29F2N3O9. The molecule has 1 aliphatic carbocycles. The van der Waals surface area contributed by atoms with E-state index in [-0.39, 0.29) is 80.1 Å². The first-order chi connectivity index (χ1) is 21.1. The van der Waals surface area contributed by atoms with Gasteiger partial charge in [-0.1, -0.05) is 0 Å². The topological polar surface area (TPSA) is 151 Å². The van der Waals surface area contributed by atoms with Crippen LogP contribution in [0.15, 0.2) is 35.3 Å². The summed E-state index contributed by atoms with van der Waals surface area (Å²) in [5.74, 6) is -2.81. The van der Waals surface area contributed by atoms with Crippen molar-refractivity contribution in [2.75, 3.05) is 42.7 Å². The number of aliphatic hydroxyl groups excluding tert-OH is 1. The molecule has 14 heteroatoms. The lowest BCUT2D eigenvalue weighted by molar-refractivity contribution is -0.0401. The number of amides is 1. The Morgan fingerprint density at radius 2 is 1.93 bits per heavy atom. The van der Waals surface area contributed by atoms with E-state index in [1.165, 1.54) is 23.2 Å². The fourth-order valence-corrected chi connectivity index (χ4v) is 6.37. The minimum Gasteiger partial charge on any atom is -0.488 e. The van der Waals surface area contributed by atoms with Gasteiger partial charge in [-0.25, -0.2) is 18.4 Å². The summed E-state index contributed by atoms with van der Waals surface area (Å²) in [5.41, 5.74) is -1.85. The Hall–Kier alpha value is -4.43. The van der Waals surface area contributed by atoms with Crippen molar-refractivity contribution in [2.45, 2.75) is 49.5 Å². The van der Waals surface area contributed by atoms with E-state index in [9.17, 15) is 34.1 Å². The highest BCUT2D eigenvalue weighted by Crippen LogP contribution is 2.47. The van der Waals surface area contributed by atoms with Crippen LogP contribution in [0.1, 0.15) is 42.1 Å². The molecular weight excluding hydrogens is 584 g/mol. The number of pyridine rings is 1. The average molecular weight is 614 g/mol. The lowest BCUT2D eigenvalue weighted by atomic mass is 9.86. The molecule has 4 aliphatic rings. The van der Waals surface area contributed by atoms with Gasteiger partial charge in [0.1, 0.15) is 36.2 Å². The van der Waals surface area contributed by atoms with Gasteiger partial charge in [0.05, 0.1) is 35.8 Å². The van der Waals surface area contributed by atoms with Crippen LogP contribution in [-0.4, -0.2) is 82.6 Å². The highest BCUT2D eigenvalue weighted by molar-refractivity contribution is 5.97. The molecule has 7 rings (SSSR count). The highest BCUT2D eigenvalue weighted by atomic mass is 19.1. The Bertz CT molecular complexity index is 1760. The number of piperidine rings is 1. The molecule has 12 nitrogen and oxygen atoms in total. The number of anilines is 2. The van der Waals surface area contributed by atoms with Crippen LogP contribution in [0.5, 0.6) is 11.5 Å². The summed E-state index contributed by atoms with van der Waals surface area (Å²) in [7, 11) is 0. The molecule has 2 aromatic carbocycles. The Labute approximate surface area is 248 Å². The molecule has 3 fully saturated rings. The number of hydrogen-bond donors (Lipinski definition) is 3. The standard InChI is InChI=1S/C30H29F2N3O9/c31-21-7-16(35-10-18(12-36)44-29(35)40)3-4-23(21)43-14-30(41)5-6-33-17(9-30)13-42-27-24-19(8-22(32)25(27)33)26(37)20(28(38)39)11-34(24)15-1-2-15/h3-4,7-8,11,15,17-18,36,41H,1-2,5-6,9-10,12-14H2,(H,38,39)/t17-,18-,30?/m1/s1. The number of fused-ring (bicyclic) bond motifs is 5. The zero-order valence-electron chi connectivity index (χ0n) is 23.4. The van der Waals surface area contributed by atoms with Crippen molar-refractivity contribution in [1.29, 1.82) is 0 Å². The maximum absolute atomic E-state index is 15.7. The molecule has 4 heterocycles. The van der Waals surface area contributed by atoms with Gasteiger partial charge in [-0.3, -0.25) is 9.69 Å². The quantitative estimate of drug-likeness (QED) is 0.363. The second-order valence-corrected chi connectivity index (χ2v) is 11.8. The number of carboxylic acid groups (broad SMARTS) is 1.